The van der Waals surface area contributed by atoms with E-state index in [2.05, 4.69) is 86.8 Å². The summed E-state index contributed by atoms with van der Waals surface area (Å²) in [7, 11) is -4.44. The number of esters is 2. The zero-order chi connectivity index (χ0) is 39.8. The number of allylic oxidation sites excluding steroid dienone is 15. The summed E-state index contributed by atoms with van der Waals surface area (Å²) in [5.41, 5.74) is 5.32. The molecule has 1 unspecified atom stereocenters. The molecular formula is C43H70NO9P. The van der Waals surface area contributed by atoms with Gasteiger partial charge >= 0.3 is 19.8 Å². The fourth-order valence-electron chi connectivity index (χ4n) is 4.61. The molecule has 0 aliphatic heterocycles. The predicted molar refractivity (Wildman–Crippen MR) is 221 cm³/mol. The number of aliphatic hydroxyl groups is 1. The number of phosphoric ester groups is 1. The number of aliphatic hydroxyl groups excluding tert-OH is 1. The quantitative estimate of drug-likeness (QED) is 0.0186. The summed E-state index contributed by atoms with van der Waals surface area (Å²) in [6.07, 6.45) is 44.7. The van der Waals surface area contributed by atoms with Crippen LogP contribution < -0.4 is 5.73 Å². The van der Waals surface area contributed by atoms with Crippen LogP contribution in [-0.2, 0) is 32.7 Å². The molecule has 0 aromatic heterocycles. The Labute approximate surface area is 326 Å². The Morgan fingerprint density at radius 3 is 1.81 bits per heavy atom. The average molecular weight is 776 g/mol. The number of ether oxygens (including phenoxy) is 2. The van der Waals surface area contributed by atoms with Gasteiger partial charge in [-0.2, -0.15) is 0 Å². The lowest BCUT2D eigenvalue weighted by Crippen LogP contribution is -2.29. The third kappa shape index (κ3) is 37.2. The maximum absolute atomic E-state index is 12.6. The van der Waals surface area contributed by atoms with Crippen molar-refractivity contribution in [2.45, 2.75) is 135 Å². The molecule has 0 aliphatic carbocycles. The van der Waals surface area contributed by atoms with Crippen LogP contribution in [0.25, 0.3) is 0 Å². The second-order valence-corrected chi connectivity index (χ2v) is 14.1. The van der Waals surface area contributed by atoms with Crippen molar-refractivity contribution in [1.82, 2.24) is 0 Å². The molecule has 0 amide bonds. The van der Waals surface area contributed by atoms with E-state index in [1.165, 1.54) is 19.3 Å². The second kappa shape index (κ2) is 38.2. The van der Waals surface area contributed by atoms with E-state index < -0.39 is 38.6 Å². The van der Waals surface area contributed by atoms with Crippen LogP contribution in [0, 0.1) is 0 Å². The Morgan fingerprint density at radius 2 is 1.22 bits per heavy atom. The molecule has 0 saturated carbocycles. The third-order valence-corrected chi connectivity index (χ3v) is 8.54. The Hall–Kier alpha value is -3.11. The number of hydrogen-bond acceptors (Lipinski definition) is 9. The lowest BCUT2D eigenvalue weighted by atomic mass is 10.1. The van der Waals surface area contributed by atoms with E-state index in [9.17, 15) is 24.2 Å². The van der Waals surface area contributed by atoms with Gasteiger partial charge < -0.3 is 25.2 Å². The molecule has 54 heavy (non-hydrogen) atoms. The van der Waals surface area contributed by atoms with Crippen LogP contribution in [0.2, 0.25) is 0 Å². The molecule has 4 N–H and O–H groups in total. The predicted octanol–water partition coefficient (Wildman–Crippen LogP) is 10.0. The van der Waals surface area contributed by atoms with Gasteiger partial charge in [0.2, 0.25) is 0 Å². The molecule has 11 heteroatoms. The number of unbranched alkanes of at least 4 members (excludes halogenated alkanes) is 5. The summed E-state index contributed by atoms with van der Waals surface area (Å²) < 4.78 is 32.5. The highest BCUT2D eigenvalue weighted by Gasteiger charge is 2.26. The molecule has 0 aromatic rings. The minimum atomic E-state index is -4.44. The van der Waals surface area contributed by atoms with Gasteiger partial charge in [0.05, 0.1) is 19.3 Å². The van der Waals surface area contributed by atoms with Crippen LogP contribution in [0.4, 0.5) is 0 Å². The molecule has 0 aliphatic rings. The fraction of sp³-hybridized carbons (Fsp3) is 0.581. The van der Waals surface area contributed by atoms with Gasteiger partial charge in [-0.15, -0.1) is 0 Å². The first-order valence-corrected chi connectivity index (χ1v) is 21.3. The minimum Gasteiger partial charge on any atom is -0.462 e. The molecule has 306 valence electrons. The largest absolute Gasteiger partial charge is 0.472 e. The van der Waals surface area contributed by atoms with Gasteiger partial charge in [0.15, 0.2) is 6.10 Å². The van der Waals surface area contributed by atoms with Crippen LogP contribution in [0.15, 0.2) is 97.2 Å². The monoisotopic (exact) mass is 775 g/mol. The van der Waals surface area contributed by atoms with Gasteiger partial charge in [-0.25, -0.2) is 4.57 Å². The maximum Gasteiger partial charge on any atom is 0.472 e. The van der Waals surface area contributed by atoms with Crippen molar-refractivity contribution in [3.8, 4) is 0 Å². The van der Waals surface area contributed by atoms with Crippen molar-refractivity contribution in [3.05, 3.63) is 97.2 Å². The molecule has 0 heterocycles. The number of nitrogens with two attached hydrogens (primary N) is 1. The molecule has 3 atom stereocenters. The smallest absolute Gasteiger partial charge is 0.462 e. The molecule has 0 rings (SSSR count). The van der Waals surface area contributed by atoms with E-state index in [1.807, 2.05) is 12.2 Å². The van der Waals surface area contributed by atoms with E-state index in [0.29, 0.717) is 19.3 Å². The Bertz CT molecular complexity index is 1220. The van der Waals surface area contributed by atoms with Gasteiger partial charge in [-0.05, 0) is 83.5 Å². The van der Waals surface area contributed by atoms with Crippen molar-refractivity contribution in [2.24, 2.45) is 5.73 Å². The first kappa shape index (κ1) is 50.9. The molecule has 0 saturated heterocycles. The SMILES string of the molecule is CC/C=C\C/C=C\C/C=C\C/C=C\CCCCC(=O)OC[C@H](COP(=O)(O)OCCN)OC(=O)CCC[C@@H](O)/C=C/C=C\C/C=C\C/C=C\CCCCC. The van der Waals surface area contributed by atoms with Crippen LogP contribution in [0.5, 0.6) is 0 Å². The number of rotatable bonds is 35. The highest BCUT2D eigenvalue weighted by atomic mass is 31.2. The van der Waals surface area contributed by atoms with Crippen LogP contribution in [0.1, 0.15) is 123 Å². The summed E-state index contributed by atoms with van der Waals surface area (Å²) in [6.45, 7) is 3.27. The molecular weight excluding hydrogens is 705 g/mol. The van der Waals surface area contributed by atoms with Crippen LogP contribution in [-0.4, -0.2) is 60.5 Å². The summed E-state index contributed by atoms with van der Waals surface area (Å²) >= 11 is 0. The second-order valence-electron chi connectivity index (χ2n) is 12.6. The van der Waals surface area contributed by atoms with E-state index in [1.54, 1.807) is 12.2 Å². The van der Waals surface area contributed by atoms with E-state index >= 15 is 0 Å². The molecule has 0 aromatic carbocycles. The molecule has 0 spiro atoms. The van der Waals surface area contributed by atoms with E-state index in [-0.39, 0.29) is 32.6 Å². The summed E-state index contributed by atoms with van der Waals surface area (Å²) in [5.74, 6) is -1.09. The van der Waals surface area contributed by atoms with Crippen molar-refractivity contribution in [2.75, 3.05) is 26.4 Å². The van der Waals surface area contributed by atoms with Crippen molar-refractivity contribution >= 4 is 19.8 Å². The number of phosphoric acid groups is 1. The standard InChI is InChI=1S/C43H70NO9P/c1-3-5-7-9-11-13-15-17-18-20-22-24-26-28-30-34-42(46)50-38-41(39-52-54(48,49)51-37-36-44)53-43(47)35-31-33-40(45)32-29-27-25-23-21-19-16-14-12-10-8-6-4-2/h5,7,11-14,17-19,21-22,24-25,27,29,32,40-41,45H,3-4,6,8-10,15-16,20,23,26,28,30-31,33-39,44H2,1-2H3,(H,48,49)/b7-5-,13-11-,14-12-,18-17-,21-19-,24-22-,27-25-,32-29+/t40-,41+/m0/s1. The van der Waals surface area contributed by atoms with Gasteiger partial charge in [0.25, 0.3) is 0 Å². The maximum atomic E-state index is 12.6. The molecule has 0 radical (unpaired) electrons. The van der Waals surface area contributed by atoms with Gasteiger partial charge in [0.1, 0.15) is 6.61 Å². The highest BCUT2D eigenvalue weighted by molar-refractivity contribution is 7.47. The van der Waals surface area contributed by atoms with Crippen LogP contribution in [0.3, 0.4) is 0 Å². The molecule has 0 fully saturated rings. The number of carbonyl (C=O) groups is 2. The van der Waals surface area contributed by atoms with Crippen LogP contribution >= 0.6 is 7.82 Å². The zero-order valence-corrected chi connectivity index (χ0v) is 33.9. The normalized spacial score (nSPS) is 15.0. The van der Waals surface area contributed by atoms with Gasteiger partial charge in [0, 0.05) is 19.4 Å². The Kier molecular flexibility index (Phi) is 36.0. The Balaban J connectivity index is 4.51. The average Bonchev–Trinajstić information content (AvgIpc) is 3.15. The lowest BCUT2D eigenvalue weighted by Gasteiger charge is -2.20. The lowest BCUT2D eigenvalue weighted by molar-refractivity contribution is -0.161. The first-order valence-electron chi connectivity index (χ1n) is 19.8. The third-order valence-electron chi connectivity index (χ3n) is 7.56. The fourth-order valence-corrected chi connectivity index (χ4v) is 5.37. The summed E-state index contributed by atoms with van der Waals surface area (Å²) in [4.78, 5) is 34.8. The highest BCUT2D eigenvalue weighted by Crippen LogP contribution is 2.43. The minimum absolute atomic E-state index is 0.0122. The Morgan fingerprint density at radius 1 is 0.667 bits per heavy atom. The van der Waals surface area contributed by atoms with E-state index in [4.69, 9.17) is 24.3 Å². The number of hydrogen-bond donors (Lipinski definition) is 3. The zero-order valence-electron chi connectivity index (χ0n) is 33.0. The van der Waals surface area contributed by atoms with Crippen molar-refractivity contribution < 1.29 is 42.7 Å². The first-order chi connectivity index (χ1) is 26.2. The van der Waals surface area contributed by atoms with Gasteiger partial charge in [-0.1, -0.05) is 124 Å². The van der Waals surface area contributed by atoms with Gasteiger partial charge in [-0.3, -0.25) is 18.6 Å². The van der Waals surface area contributed by atoms with E-state index in [0.717, 1.165) is 57.8 Å². The topological polar surface area (TPSA) is 155 Å². The summed E-state index contributed by atoms with van der Waals surface area (Å²) in [6, 6.07) is 0. The number of carbonyl (C=O) groups excluding carboxylic acids is 2. The summed E-state index contributed by atoms with van der Waals surface area (Å²) in [5, 5.41) is 10.3. The van der Waals surface area contributed by atoms with Crippen molar-refractivity contribution in [3.63, 3.8) is 0 Å². The molecule has 10 nitrogen and oxygen atoms in total. The molecule has 0 bridgehead atoms. The van der Waals surface area contributed by atoms with Crippen molar-refractivity contribution in [1.29, 1.82) is 0 Å².